The molecule has 2 aromatic carbocycles. The number of anilines is 1. The number of ether oxygens (including phenoxy) is 1. The van der Waals surface area contributed by atoms with Gasteiger partial charge in [-0.2, -0.15) is 13.2 Å². The maximum absolute atomic E-state index is 13.4. The molecule has 2 aliphatic rings. The van der Waals surface area contributed by atoms with Crippen LogP contribution in [-0.4, -0.2) is 32.2 Å². The summed E-state index contributed by atoms with van der Waals surface area (Å²) in [7, 11) is 0. The number of fused-ring (bicyclic) bond motifs is 1. The highest BCUT2D eigenvalue weighted by Gasteiger charge is 2.35. The van der Waals surface area contributed by atoms with Gasteiger partial charge in [0.05, 0.1) is 25.2 Å². The fraction of sp³-hybridized carbons (Fsp3) is 0.435. The zero-order valence-corrected chi connectivity index (χ0v) is 16.9. The first kappa shape index (κ1) is 21.8. The molecule has 4 rings (SSSR count). The fourth-order valence-corrected chi connectivity index (χ4v) is 4.46. The summed E-state index contributed by atoms with van der Waals surface area (Å²) in [4.78, 5) is 11.7. The zero-order valence-electron chi connectivity index (χ0n) is 16.9. The lowest BCUT2D eigenvalue weighted by molar-refractivity contribution is -0.137. The van der Waals surface area contributed by atoms with Crippen LogP contribution in [-0.2, 0) is 34.0 Å². The third-order valence-corrected chi connectivity index (χ3v) is 6.16. The van der Waals surface area contributed by atoms with E-state index in [1.165, 1.54) is 12.1 Å². The molecule has 0 saturated carbocycles. The normalized spacial score (nSPS) is 18.0. The highest BCUT2D eigenvalue weighted by molar-refractivity contribution is 6.00. The van der Waals surface area contributed by atoms with E-state index >= 15 is 0 Å². The van der Waals surface area contributed by atoms with Gasteiger partial charge in [0, 0.05) is 11.1 Å². The van der Waals surface area contributed by atoms with Crippen LogP contribution in [0.5, 0.6) is 0 Å². The Hall–Kier alpha value is -2.45. The molecule has 0 aliphatic carbocycles. The molecule has 0 radical (unpaired) electrons. The minimum atomic E-state index is -4.47. The van der Waals surface area contributed by atoms with Crippen molar-refractivity contribution in [2.45, 2.75) is 37.3 Å². The highest BCUT2D eigenvalue weighted by atomic mass is 19.4. The predicted molar refractivity (Wildman–Crippen MR) is 108 cm³/mol. The Labute approximate surface area is 178 Å². The second kappa shape index (κ2) is 8.59. The van der Waals surface area contributed by atoms with Crippen LogP contribution in [0.3, 0.4) is 0 Å². The van der Waals surface area contributed by atoms with Crippen molar-refractivity contribution in [1.82, 2.24) is 5.32 Å². The van der Waals surface area contributed by atoms with Gasteiger partial charge in [0.15, 0.2) is 0 Å². The summed E-state index contributed by atoms with van der Waals surface area (Å²) in [5.74, 6) is -0.601. The van der Waals surface area contributed by atoms with Crippen LogP contribution in [0.15, 0.2) is 36.4 Å². The van der Waals surface area contributed by atoms with E-state index in [9.17, 15) is 22.4 Å². The largest absolute Gasteiger partial charge is 0.416 e. The monoisotopic (exact) mass is 436 g/mol. The van der Waals surface area contributed by atoms with E-state index in [-0.39, 0.29) is 36.6 Å². The predicted octanol–water partition coefficient (Wildman–Crippen LogP) is 4.22. The van der Waals surface area contributed by atoms with Crippen LogP contribution in [0, 0.1) is 5.82 Å². The third-order valence-electron chi connectivity index (χ3n) is 6.16. The lowest BCUT2D eigenvalue weighted by Crippen LogP contribution is -2.43. The number of nitrogens with one attached hydrogen (secondary N) is 2. The molecular weight excluding hydrogens is 412 g/mol. The number of carbonyl (C=O) groups is 1. The SMILES string of the molecule is O=C1Cc2cc(C(F)(F)F)cc(CCOCC3(c4ccc(F)cc4)CCNCC3)c2N1. The van der Waals surface area contributed by atoms with Gasteiger partial charge in [-0.05, 0) is 73.3 Å². The molecule has 1 fully saturated rings. The lowest BCUT2D eigenvalue weighted by Gasteiger charge is -2.38. The Bertz CT molecular complexity index is 951. The molecule has 166 valence electrons. The Morgan fingerprint density at radius 1 is 1.06 bits per heavy atom. The van der Waals surface area contributed by atoms with Gasteiger partial charge in [-0.15, -0.1) is 0 Å². The molecule has 1 saturated heterocycles. The number of carbonyl (C=O) groups excluding carboxylic acids is 1. The summed E-state index contributed by atoms with van der Waals surface area (Å²) in [6, 6.07) is 8.56. The van der Waals surface area contributed by atoms with E-state index in [0.717, 1.165) is 43.6 Å². The van der Waals surface area contributed by atoms with Crippen molar-refractivity contribution >= 4 is 11.6 Å². The van der Waals surface area contributed by atoms with Crippen molar-refractivity contribution in [1.29, 1.82) is 0 Å². The molecule has 0 bridgehead atoms. The quantitative estimate of drug-likeness (QED) is 0.527. The standard InChI is InChI=1S/C23H24F4N2O2/c24-19-3-1-17(2-4-19)22(6-8-28-9-7-22)14-31-10-5-15-11-18(23(25,26)27)12-16-13-20(30)29-21(15)16/h1-4,11-12,28H,5-10,13-14H2,(H,29,30). The van der Waals surface area contributed by atoms with Gasteiger partial charge < -0.3 is 15.4 Å². The van der Waals surface area contributed by atoms with Crippen LogP contribution in [0.1, 0.15) is 35.1 Å². The average Bonchev–Trinajstić information content (AvgIpc) is 3.12. The average molecular weight is 436 g/mol. The van der Waals surface area contributed by atoms with Crippen LogP contribution in [0.4, 0.5) is 23.2 Å². The first-order valence-corrected chi connectivity index (χ1v) is 10.3. The smallest absolute Gasteiger partial charge is 0.380 e. The van der Waals surface area contributed by atoms with Gasteiger partial charge >= 0.3 is 6.18 Å². The van der Waals surface area contributed by atoms with E-state index in [0.29, 0.717) is 23.4 Å². The summed E-state index contributed by atoms with van der Waals surface area (Å²) >= 11 is 0. The van der Waals surface area contributed by atoms with Crippen molar-refractivity contribution in [3.8, 4) is 0 Å². The van der Waals surface area contributed by atoms with E-state index in [2.05, 4.69) is 10.6 Å². The fourth-order valence-electron chi connectivity index (χ4n) is 4.46. The summed E-state index contributed by atoms with van der Waals surface area (Å²) in [5.41, 5.74) is 1.26. The highest BCUT2D eigenvalue weighted by Crippen LogP contribution is 2.37. The number of rotatable bonds is 6. The zero-order chi connectivity index (χ0) is 22.1. The molecule has 2 heterocycles. The molecule has 2 aromatic rings. The van der Waals surface area contributed by atoms with Gasteiger partial charge in [-0.25, -0.2) is 4.39 Å². The maximum Gasteiger partial charge on any atom is 0.416 e. The van der Waals surface area contributed by atoms with Gasteiger partial charge in [-0.1, -0.05) is 12.1 Å². The number of halogens is 4. The van der Waals surface area contributed by atoms with Crippen molar-refractivity contribution in [2.24, 2.45) is 0 Å². The van der Waals surface area contributed by atoms with Crippen LogP contribution in [0.2, 0.25) is 0 Å². The van der Waals surface area contributed by atoms with Crippen molar-refractivity contribution in [3.63, 3.8) is 0 Å². The Kier molecular flexibility index (Phi) is 6.03. The number of benzene rings is 2. The second-order valence-corrected chi connectivity index (χ2v) is 8.23. The molecule has 2 N–H and O–H groups in total. The molecule has 0 atom stereocenters. The minimum Gasteiger partial charge on any atom is -0.380 e. The molecule has 2 aliphatic heterocycles. The number of hydrogen-bond acceptors (Lipinski definition) is 3. The van der Waals surface area contributed by atoms with Gasteiger partial charge in [0.1, 0.15) is 5.82 Å². The Balaban J connectivity index is 1.47. The van der Waals surface area contributed by atoms with E-state index in [1.54, 1.807) is 12.1 Å². The van der Waals surface area contributed by atoms with Gasteiger partial charge in [-0.3, -0.25) is 4.79 Å². The summed E-state index contributed by atoms with van der Waals surface area (Å²) < 4.78 is 59.1. The number of hydrogen-bond donors (Lipinski definition) is 2. The van der Waals surface area contributed by atoms with Crippen molar-refractivity contribution < 1.29 is 27.1 Å². The summed E-state index contributed by atoms with van der Waals surface area (Å²) in [5, 5.41) is 5.98. The number of alkyl halides is 3. The Morgan fingerprint density at radius 3 is 2.45 bits per heavy atom. The third kappa shape index (κ3) is 4.75. The van der Waals surface area contributed by atoms with Crippen LogP contribution >= 0.6 is 0 Å². The first-order chi connectivity index (χ1) is 14.8. The molecule has 0 aromatic heterocycles. The van der Waals surface area contributed by atoms with Crippen LogP contribution in [0.25, 0.3) is 0 Å². The number of piperidine rings is 1. The molecule has 1 amide bonds. The molecule has 0 spiro atoms. The second-order valence-electron chi connectivity index (χ2n) is 8.23. The van der Waals surface area contributed by atoms with Gasteiger partial charge in [0.2, 0.25) is 5.91 Å². The molecule has 31 heavy (non-hydrogen) atoms. The number of amides is 1. The maximum atomic E-state index is 13.4. The summed E-state index contributed by atoms with van der Waals surface area (Å²) in [6.07, 6.45) is -2.61. The van der Waals surface area contributed by atoms with E-state index in [4.69, 9.17) is 4.74 Å². The van der Waals surface area contributed by atoms with Crippen molar-refractivity contribution in [2.75, 3.05) is 31.6 Å². The summed E-state index contributed by atoms with van der Waals surface area (Å²) in [6.45, 7) is 2.25. The van der Waals surface area contributed by atoms with Crippen molar-refractivity contribution in [3.05, 3.63) is 64.5 Å². The molecule has 8 heteroatoms. The first-order valence-electron chi connectivity index (χ1n) is 10.3. The molecule has 4 nitrogen and oxygen atoms in total. The lowest BCUT2D eigenvalue weighted by atomic mass is 9.74. The van der Waals surface area contributed by atoms with Gasteiger partial charge in [0.25, 0.3) is 0 Å². The van der Waals surface area contributed by atoms with E-state index in [1.807, 2.05) is 0 Å². The Morgan fingerprint density at radius 2 is 1.77 bits per heavy atom. The van der Waals surface area contributed by atoms with Crippen LogP contribution < -0.4 is 10.6 Å². The molecule has 0 unspecified atom stereocenters. The topological polar surface area (TPSA) is 50.4 Å². The van der Waals surface area contributed by atoms with E-state index < -0.39 is 11.7 Å². The molecular formula is C23H24F4N2O2. The minimum absolute atomic E-state index is 0.0478.